The molecule has 0 saturated carbocycles. The highest BCUT2D eigenvalue weighted by Crippen LogP contribution is 2.30. The first-order valence-electron chi connectivity index (χ1n) is 8.07. The van der Waals surface area contributed by atoms with Crippen LogP contribution in [0.5, 0.6) is 5.75 Å². The number of halogens is 3. The summed E-state index contributed by atoms with van der Waals surface area (Å²) in [5.41, 5.74) is 6.77. The lowest BCUT2D eigenvalue weighted by atomic mass is 10.0. The molecule has 0 radical (unpaired) electrons. The Kier molecular flexibility index (Phi) is 4.98. The average molecular weight is 375 g/mol. The zero-order valence-electron chi connectivity index (χ0n) is 14.4. The Bertz CT molecular complexity index is 986. The van der Waals surface area contributed by atoms with E-state index in [-0.39, 0.29) is 5.56 Å². The molecule has 0 atom stereocenters. The quantitative estimate of drug-likeness (QED) is 0.740. The second kappa shape index (κ2) is 7.22. The third-order valence-electron chi connectivity index (χ3n) is 4.23. The summed E-state index contributed by atoms with van der Waals surface area (Å²) >= 11 is 0. The lowest BCUT2D eigenvalue weighted by Crippen LogP contribution is -2.13. The lowest BCUT2D eigenvalue weighted by Gasteiger charge is -2.10. The molecule has 2 aromatic carbocycles. The average Bonchev–Trinajstić information content (AvgIpc) is 2.64. The van der Waals surface area contributed by atoms with Gasteiger partial charge < -0.3 is 10.5 Å². The van der Waals surface area contributed by atoms with Crippen LogP contribution < -0.4 is 10.5 Å². The minimum absolute atomic E-state index is 0.225. The number of ether oxygens (including phenoxy) is 1. The summed E-state index contributed by atoms with van der Waals surface area (Å²) in [6, 6.07) is 8.23. The van der Waals surface area contributed by atoms with Crippen molar-refractivity contribution in [2.24, 2.45) is 5.73 Å². The predicted molar refractivity (Wildman–Crippen MR) is 93.5 cm³/mol. The van der Waals surface area contributed by atoms with Crippen molar-refractivity contribution in [2.45, 2.75) is 19.0 Å². The first-order valence-corrected chi connectivity index (χ1v) is 8.07. The number of nitrogens with two attached hydrogens (primary N) is 1. The number of nitrogens with zero attached hydrogens (tertiary/aromatic N) is 2. The van der Waals surface area contributed by atoms with Crippen molar-refractivity contribution in [2.75, 3.05) is 7.11 Å². The Morgan fingerprint density at radius 3 is 2.41 bits per heavy atom. The lowest BCUT2D eigenvalue weighted by molar-refractivity contribution is -0.137. The van der Waals surface area contributed by atoms with Gasteiger partial charge in [-0.2, -0.15) is 13.2 Å². The Morgan fingerprint density at radius 1 is 1.11 bits per heavy atom. The van der Waals surface area contributed by atoms with Crippen LogP contribution in [0.25, 0.3) is 10.9 Å². The van der Waals surface area contributed by atoms with Crippen LogP contribution in [0.4, 0.5) is 13.2 Å². The third kappa shape index (κ3) is 3.99. The highest BCUT2D eigenvalue weighted by atomic mass is 19.4. The SMILES string of the molecule is COc1cc(C(N)=O)c2ncnc(CCc3ccc(C(F)(F)F)cc3)c2c1. The molecule has 1 heterocycles. The van der Waals surface area contributed by atoms with Gasteiger partial charge >= 0.3 is 6.18 Å². The summed E-state index contributed by atoms with van der Waals surface area (Å²) < 4.78 is 43.2. The fourth-order valence-corrected chi connectivity index (χ4v) is 2.82. The Hall–Kier alpha value is -3.16. The number of rotatable bonds is 5. The van der Waals surface area contributed by atoms with Crippen molar-refractivity contribution in [3.05, 3.63) is 65.1 Å². The number of alkyl halides is 3. The molecule has 3 rings (SSSR count). The summed E-state index contributed by atoms with van der Waals surface area (Å²) in [5, 5.41) is 0.623. The van der Waals surface area contributed by atoms with Gasteiger partial charge in [-0.3, -0.25) is 4.79 Å². The van der Waals surface area contributed by atoms with Crippen molar-refractivity contribution < 1.29 is 22.7 Å². The first kappa shape index (κ1) is 18.6. The van der Waals surface area contributed by atoms with Crippen molar-refractivity contribution in [1.29, 1.82) is 0 Å². The number of carbonyl (C=O) groups excluding carboxylic acids is 1. The number of aryl methyl sites for hydroxylation is 2. The first-order chi connectivity index (χ1) is 12.8. The van der Waals surface area contributed by atoms with Crippen LogP contribution in [-0.4, -0.2) is 23.0 Å². The zero-order valence-corrected chi connectivity index (χ0v) is 14.4. The molecule has 1 amide bonds. The van der Waals surface area contributed by atoms with Crippen LogP contribution >= 0.6 is 0 Å². The van der Waals surface area contributed by atoms with Crippen LogP contribution in [0.1, 0.15) is 27.2 Å². The third-order valence-corrected chi connectivity index (χ3v) is 4.23. The molecule has 0 spiro atoms. The minimum Gasteiger partial charge on any atom is -0.497 e. The molecule has 8 heteroatoms. The fourth-order valence-electron chi connectivity index (χ4n) is 2.82. The smallest absolute Gasteiger partial charge is 0.416 e. The number of amides is 1. The van der Waals surface area contributed by atoms with Gasteiger partial charge in [0.25, 0.3) is 5.91 Å². The van der Waals surface area contributed by atoms with Crippen molar-refractivity contribution in [3.8, 4) is 5.75 Å². The van der Waals surface area contributed by atoms with Crippen molar-refractivity contribution in [3.63, 3.8) is 0 Å². The van der Waals surface area contributed by atoms with Gasteiger partial charge in [-0.1, -0.05) is 12.1 Å². The summed E-state index contributed by atoms with van der Waals surface area (Å²) in [4.78, 5) is 20.1. The molecule has 0 aliphatic carbocycles. The predicted octanol–water partition coefficient (Wildman–Crippen LogP) is 3.54. The van der Waals surface area contributed by atoms with E-state index >= 15 is 0 Å². The molecule has 0 bridgehead atoms. The second-order valence-corrected chi connectivity index (χ2v) is 5.95. The van der Waals surface area contributed by atoms with Gasteiger partial charge in [0.1, 0.15) is 12.1 Å². The summed E-state index contributed by atoms with van der Waals surface area (Å²) in [7, 11) is 1.47. The maximum Gasteiger partial charge on any atom is 0.416 e. The molecule has 0 fully saturated rings. The molecular formula is C19H16F3N3O2. The number of aromatic nitrogens is 2. The van der Waals surface area contributed by atoms with Crippen molar-refractivity contribution >= 4 is 16.8 Å². The number of benzene rings is 2. The Labute approximate surface area is 153 Å². The molecule has 5 nitrogen and oxygen atoms in total. The van der Waals surface area contributed by atoms with Crippen LogP contribution in [0, 0.1) is 0 Å². The van der Waals surface area contributed by atoms with Crippen LogP contribution in [0.2, 0.25) is 0 Å². The molecule has 0 aliphatic heterocycles. The van der Waals surface area contributed by atoms with Crippen LogP contribution in [0.3, 0.4) is 0 Å². The standard InChI is InChI=1S/C19H16F3N3O2/c1-27-13-8-14-16(24-10-25-17(14)15(9-13)18(23)26)7-4-11-2-5-12(6-3-11)19(20,21)22/h2-3,5-6,8-10H,4,7H2,1H3,(H2,23,26). The Morgan fingerprint density at radius 2 is 1.81 bits per heavy atom. The minimum atomic E-state index is -4.36. The van der Waals surface area contributed by atoms with Gasteiger partial charge in [-0.25, -0.2) is 9.97 Å². The monoisotopic (exact) mass is 375 g/mol. The van der Waals surface area contributed by atoms with Gasteiger partial charge in [0.05, 0.1) is 29.4 Å². The molecule has 1 aromatic heterocycles. The molecule has 3 aromatic rings. The van der Waals surface area contributed by atoms with Gasteiger partial charge in [0, 0.05) is 5.39 Å². The number of primary amides is 1. The highest BCUT2D eigenvalue weighted by molar-refractivity contribution is 6.05. The van der Waals surface area contributed by atoms with Gasteiger partial charge in [-0.15, -0.1) is 0 Å². The second-order valence-electron chi connectivity index (χ2n) is 5.95. The topological polar surface area (TPSA) is 78.1 Å². The Balaban J connectivity index is 1.91. The molecule has 0 saturated heterocycles. The number of methoxy groups -OCH3 is 1. The van der Waals surface area contributed by atoms with Gasteiger partial charge in [0.2, 0.25) is 0 Å². The zero-order chi connectivity index (χ0) is 19.6. The normalized spacial score (nSPS) is 11.6. The summed E-state index contributed by atoms with van der Waals surface area (Å²) in [6.07, 6.45) is -2.09. The maximum absolute atomic E-state index is 12.7. The van der Waals surface area contributed by atoms with E-state index in [0.717, 1.165) is 17.7 Å². The summed E-state index contributed by atoms with van der Waals surface area (Å²) in [5.74, 6) is -0.187. The molecule has 140 valence electrons. The molecule has 27 heavy (non-hydrogen) atoms. The fraction of sp³-hybridized carbons (Fsp3) is 0.211. The van der Waals surface area contributed by atoms with Crippen LogP contribution in [-0.2, 0) is 19.0 Å². The van der Waals surface area contributed by atoms with E-state index < -0.39 is 17.6 Å². The van der Waals surface area contributed by atoms with E-state index in [0.29, 0.717) is 35.2 Å². The van der Waals surface area contributed by atoms with Crippen molar-refractivity contribution in [1.82, 2.24) is 9.97 Å². The molecule has 2 N–H and O–H groups in total. The highest BCUT2D eigenvalue weighted by Gasteiger charge is 2.29. The van der Waals surface area contributed by atoms with E-state index in [1.165, 1.54) is 31.6 Å². The number of fused-ring (bicyclic) bond motifs is 1. The van der Waals surface area contributed by atoms with E-state index in [9.17, 15) is 18.0 Å². The van der Waals surface area contributed by atoms with Gasteiger partial charge in [0.15, 0.2) is 0 Å². The number of carbonyl (C=O) groups is 1. The maximum atomic E-state index is 12.7. The number of hydrogen-bond donors (Lipinski definition) is 1. The van der Waals surface area contributed by atoms with E-state index in [2.05, 4.69) is 9.97 Å². The van der Waals surface area contributed by atoms with Crippen LogP contribution in [0.15, 0.2) is 42.7 Å². The van der Waals surface area contributed by atoms with E-state index in [1.807, 2.05) is 0 Å². The largest absolute Gasteiger partial charge is 0.497 e. The molecular weight excluding hydrogens is 359 g/mol. The van der Waals surface area contributed by atoms with Gasteiger partial charge in [-0.05, 0) is 42.7 Å². The molecule has 0 aliphatic rings. The van der Waals surface area contributed by atoms with E-state index in [1.54, 1.807) is 6.07 Å². The van der Waals surface area contributed by atoms with E-state index in [4.69, 9.17) is 10.5 Å². The summed E-state index contributed by atoms with van der Waals surface area (Å²) in [6.45, 7) is 0. The molecule has 0 unspecified atom stereocenters. The number of hydrogen-bond acceptors (Lipinski definition) is 4.